The van der Waals surface area contributed by atoms with Crippen LogP contribution in [0.5, 0.6) is 5.75 Å². The summed E-state index contributed by atoms with van der Waals surface area (Å²) in [6.45, 7) is 1.06. The lowest BCUT2D eigenvalue weighted by Crippen LogP contribution is -2.46. The minimum Gasteiger partial charge on any atom is -0.492 e. The van der Waals surface area contributed by atoms with E-state index < -0.39 is 12.7 Å². The molecule has 1 aliphatic heterocycles. The zero-order chi connectivity index (χ0) is 18.3. The molecule has 25 heavy (non-hydrogen) atoms. The van der Waals surface area contributed by atoms with Crippen LogP contribution < -0.4 is 10.1 Å². The van der Waals surface area contributed by atoms with Crippen LogP contribution in [-0.4, -0.2) is 74.9 Å². The Balaban J connectivity index is 1.74. The number of ether oxygens (including phenoxy) is 1. The zero-order valence-electron chi connectivity index (χ0n) is 14.6. The van der Waals surface area contributed by atoms with Gasteiger partial charge in [-0.2, -0.15) is 13.2 Å². The molecular formula is C17H25F3N4O. The van der Waals surface area contributed by atoms with E-state index in [0.29, 0.717) is 38.6 Å². The largest absolute Gasteiger partial charge is 0.492 e. The number of hydrogen-bond donors (Lipinski definition) is 1. The number of likely N-dealkylation sites (N-methyl/N-ethyl adjacent to an activating group) is 1. The van der Waals surface area contributed by atoms with Gasteiger partial charge in [0.05, 0.1) is 13.1 Å². The quantitative estimate of drug-likeness (QED) is 0.625. The van der Waals surface area contributed by atoms with Crippen molar-refractivity contribution >= 4 is 5.96 Å². The molecule has 5 nitrogen and oxygen atoms in total. The number of likely N-dealkylation sites (tertiary alicyclic amines) is 1. The predicted octanol–water partition coefficient (Wildman–Crippen LogP) is 2.21. The third-order valence-corrected chi connectivity index (χ3v) is 4.02. The van der Waals surface area contributed by atoms with Crippen LogP contribution in [0.3, 0.4) is 0 Å². The van der Waals surface area contributed by atoms with Crippen LogP contribution >= 0.6 is 0 Å². The number of hydrogen-bond acceptors (Lipinski definition) is 3. The van der Waals surface area contributed by atoms with Gasteiger partial charge >= 0.3 is 6.18 Å². The van der Waals surface area contributed by atoms with Gasteiger partial charge in [-0.15, -0.1) is 0 Å². The molecule has 1 N–H and O–H groups in total. The molecule has 0 aliphatic carbocycles. The maximum atomic E-state index is 12.5. The van der Waals surface area contributed by atoms with Gasteiger partial charge in [0, 0.05) is 33.2 Å². The first-order valence-electron chi connectivity index (χ1n) is 8.29. The van der Waals surface area contributed by atoms with E-state index in [0.717, 1.165) is 5.75 Å². The maximum Gasteiger partial charge on any atom is 0.401 e. The van der Waals surface area contributed by atoms with Crippen molar-refractivity contribution in [3.63, 3.8) is 0 Å². The van der Waals surface area contributed by atoms with Crippen LogP contribution in [0.2, 0.25) is 0 Å². The minimum atomic E-state index is -4.15. The van der Waals surface area contributed by atoms with Gasteiger partial charge in [0.1, 0.15) is 12.4 Å². The number of para-hydroxylation sites is 1. The third-order valence-electron chi connectivity index (χ3n) is 4.02. The molecule has 140 valence electrons. The van der Waals surface area contributed by atoms with Crippen molar-refractivity contribution in [2.75, 3.05) is 46.9 Å². The average molecular weight is 358 g/mol. The summed E-state index contributed by atoms with van der Waals surface area (Å²) in [5.74, 6) is 1.47. The van der Waals surface area contributed by atoms with Crippen LogP contribution in [0.25, 0.3) is 0 Å². The molecule has 0 radical (unpaired) electrons. The van der Waals surface area contributed by atoms with Crippen LogP contribution in [0, 0.1) is 0 Å². The number of benzene rings is 1. The van der Waals surface area contributed by atoms with Crippen LogP contribution in [0.15, 0.2) is 35.3 Å². The Kier molecular flexibility index (Phi) is 6.92. The highest BCUT2D eigenvalue weighted by atomic mass is 19.4. The summed E-state index contributed by atoms with van der Waals surface area (Å²) in [6.07, 6.45) is -3.48. The fraction of sp³-hybridized carbons (Fsp3) is 0.588. The van der Waals surface area contributed by atoms with Crippen molar-refractivity contribution in [3.05, 3.63) is 30.3 Å². The number of nitrogens with zero attached hydrogens (tertiary/aromatic N) is 3. The SMILES string of the molecule is CN=C(NC1CCN(CC(F)(F)F)C1)N(C)CCOc1ccccc1. The van der Waals surface area contributed by atoms with Crippen LogP contribution in [0.1, 0.15) is 6.42 Å². The Morgan fingerprint density at radius 3 is 2.72 bits per heavy atom. The predicted molar refractivity (Wildman–Crippen MR) is 92.0 cm³/mol. The second-order valence-electron chi connectivity index (χ2n) is 6.11. The van der Waals surface area contributed by atoms with Crippen molar-refractivity contribution in [3.8, 4) is 5.75 Å². The molecule has 1 heterocycles. The smallest absolute Gasteiger partial charge is 0.401 e. The van der Waals surface area contributed by atoms with Crippen molar-refractivity contribution in [2.24, 2.45) is 4.99 Å². The molecule has 1 fully saturated rings. The first kappa shape index (κ1) is 19.4. The number of guanidine groups is 1. The fourth-order valence-electron chi connectivity index (χ4n) is 2.80. The summed E-state index contributed by atoms with van der Waals surface area (Å²) in [7, 11) is 3.55. The molecule has 1 aromatic rings. The Bertz CT molecular complexity index is 551. The normalized spacial score (nSPS) is 19.1. The number of nitrogens with one attached hydrogen (secondary N) is 1. The van der Waals surface area contributed by atoms with E-state index in [1.54, 1.807) is 7.05 Å². The van der Waals surface area contributed by atoms with E-state index in [4.69, 9.17) is 4.74 Å². The van der Waals surface area contributed by atoms with Crippen molar-refractivity contribution in [1.29, 1.82) is 0 Å². The fourth-order valence-corrected chi connectivity index (χ4v) is 2.80. The summed E-state index contributed by atoms with van der Waals surface area (Å²) in [5, 5.41) is 3.24. The second-order valence-corrected chi connectivity index (χ2v) is 6.11. The molecule has 1 saturated heterocycles. The molecule has 1 unspecified atom stereocenters. The molecule has 0 amide bonds. The Labute approximate surface area is 146 Å². The number of rotatable bonds is 6. The van der Waals surface area contributed by atoms with Gasteiger partial charge in [0.15, 0.2) is 5.96 Å². The topological polar surface area (TPSA) is 40.1 Å². The Morgan fingerprint density at radius 2 is 2.08 bits per heavy atom. The second kappa shape index (κ2) is 8.94. The lowest BCUT2D eigenvalue weighted by Gasteiger charge is -2.25. The van der Waals surface area contributed by atoms with Gasteiger partial charge in [0.2, 0.25) is 0 Å². The molecule has 0 saturated carbocycles. The van der Waals surface area contributed by atoms with Gasteiger partial charge in [-0.3, -0.25) is 9.89 Å². The number of halogens is 3. The van der Waals surface area contributed by atoms with E-state index in [9.17, 15) is 13.2 Å². The molecule has 1 aliphatic rings. The van der Waals surface area contributed by atoms with Gasteiger partial charge < -0.3 is 15.0 Å². The molecule has 2 rings (SSSR count). The molecular weight excluding hydrogens is 333 g/mol. The van der Waals surface area contributed by atoms with Gasteiger partial charge in [0.25, 0.3) is 0 Å². The van der Waals surface area contributed by atoms with Crippen molar-refractivity contribution < 1.29 is 17.9 Å². The standard InChI is InChI=1S/C17H25F3N4O/c1-21-16(22-14-8-9-24(12-14)13-17(18,19)20)23(2)10-11-25-15-6-4-3-5-7-15/h3-7,14H,8-13H2,1-2H3,(H,21,22). The lowest BCUT2D eigenvalue weighted by molar-refractivity contribution is -0.143. The number of aliphatic imine (C=N–C) groups is 1. The maximum absolute atomic E-state index is 12.5. The van der Waals surface area contributed by atoms with Gasteiger partial charge in [-0.05, 0) is 18.6 Å². The summed E-state index contributed by atoms with van der Waals surface area (Å²) in [6, 6.07) is 9.49. The summed E-state index contributed by atoms with van der Waals surface area (Å²) in [5.41, 5.74) is 0. The molecule has 0 aromatic heterocycles. The summed E-state index contributed by atoms with van der Waals surface area (Å²) >= 11 is 0. The average Bonchev–Trinajstić information content (AvgIpc) is 2.98. The Hall–Kier alpha value is -1.96. The van der Waals surface area contributed by atoms with E-state index in [-0.39, 0.29) is 6.04 Å². The zero-order valence-corrected chi connectivity index (χ0v) is 14.6. The molecule has 8 heteroatoms. The highest BCUT2D eigenvalue weighted by Crippen LogP contribution is 2.20. The molecule has 0 bridgehead atoms. The highest BCUT2D eigenvalue weighted by molar-refractivity contribution is 5.80. The van der Waals surface area contributed by atoms with E-state index in [1.165, 1.54) is 4.90 Å². The summed E-state index contributed by atoms with van der Waals surface area (Å²) in [4.78, 5) is 7.54. The number of alkyl halides is 3. The van der Waals surface area contributed by atoms with Crippen molar-refractivity contribution in [1.82, 2.24) is 15.1 Å². The molecule has 1 atom stereocenters. The lowest BCUT2D eigenvalue weighted by atomic mass is 10.3. The Morgan fingerprint density at radius 1 is 1.36 bits per heavy atom. The highest BCUT2D eigenvalue weighted by Gasteiger charge is 2.34. The van der Waals surface area contributed by atoms with Crippen LogP contribution in [-0.2, 0) is 0 Å². The summed E-state index contributed by atoms with van der Waals surface area (Å²) < 4.78 is 43.0. The van der Waals surface area contributed by atoms with E-state index in [1.807, 2.05) is 42.3 Å². The van der Waals surface area contributed by atoms with Crippen LogP contribution in [0.4, 0.5) is 13.2 Å². The van der Waals surface area contributed by atoms with Crippen molar-refractivity contribution in [2.45, 2.75) is 18.6 Å². The van der Waals surface area contributed by atoms with Gasteiger partial charge in [-0.1, -0.05) is 18.2 Å². The molecule has 1 aromatic carbocycles. The monoisotopic (exact) mass is 358 g/mol. The molecule has 0 spiro atoms. The van der Waals surface area contributed by atoms with E-state index in [2.05, 4.69) is 10.3 Å². The van der Waals surface area contributed by atoms with E-state index >= 15 is 0 Å². The minimum absolute atomic E-state index is 0.0291. The first-order valence-corrected chi connectivity index (χ1v) is 8.29. The van der Waals surface area contributed by atoms with Gasteiger partial charge in [-0.25, -0.2) is 0 Å². The third kappa shape index (κ3) is 6.81. The first-order chi connectivity index (χ1) is 11.9.